The Morgan fingerprint density at radius 2 is 0.481 bits per heavy atom. The number of ether oxygens (including phenoxy) is 3. The Hall–Kier alpha value is -3.41. The van der Waals surface area contributed by atoms with E-state index >= 15 is 0 Å². The maximum absolute atomic E-state index is 12.9. The molecule has 0 aromatic carbocycles. The average molecular weight is 1130 g/mol. The van der Waals surface area contributed by atoms with Crippen LogP contribution in [0, 0.1) is 0 Å². The molecule has 0 radical (unpaired) electrons. The number of esters is 3. The van der Waals surface area contributed by atoms with Gasteiger partial charge in [0, 0.05) is 19.3 Å². The second kappa shape index (κ2) is 69.1. The van der Waals surface area contributed by atoms with Crippen LogP contribution in [-0.2, 0) is 28.6 Å². The number of hydrogen-bond acceptors (Lipinski definition) is 6. The number of rotatable bonds is 64. The van der Waals surface area contributed by atoms with E-state index in [1.165, 1.54) is 218 Å². The molecule has 0 aliphatic carbocycles. The van der Waals surface area contributed by atoms with E-state index in [2.05, 4.69) is 106 Å². The Balaban J connectivity index is 4.10. The number of carbonyl (C=O) groups excluding carboxylic acids is 3. The summed E-state index contributed by atoms with van der Waals surface area (Å²) in [6.07, 6.45) is 92.0. The maximum Gasteiger partial charge on any atom is 0.306 e. The minimum Gasteiger partial charge on any atom is -0.462 e. The van der Waals surface area contributed by atoms with Gasteiger partial charge in [0.25, 0.3) is 0 Å². The zero-order chi connectivity index (χ0) is 58.5. The van der Waals surface area contributed by atoms with Gasteiger partial charge in [0.2, 0.25) is 0 Å². The standard InChI is InChI=1S/C75H132O6/c1-4-7-10-13-16-19-21-23-25-27-29-31-32-33-34-35-36-37-38-39-40-41-42-44-45-47-49-51-53-56-59-62-65-68-74(77)80-71-72(70-79-73(76)67-64-61-58-55-18-15-12-9-6-3)81-75(78)69-66-63-60-57-54-52-50-48-46-43-30-28-26-24-22-20-17-14-11-8-5-2/h7,10,16,19,22-25,28-31,33-34,72H,4-6,8-9,11-15,17-18,20-21,26-27,32,35-71H2,1-3H3/b10-7-,19-16-,24-22-,25-23-,30-28-,31-29-,34-33-. The molecule has 0 bridgehead atoms. The molecular weight excluding hydrogens is 997 g/mol. The first-order chi connectivity index (χ1) is 40.0. The highest BCUT2D eigenvalue weighted by molar-refractivity contribution is 5.71. The third kappa shape index (κ3) is 67.3. The van der Waals surface area contributed by atoms with Crippen LogP contribution >= 0.6 is 0 Å². The van der Waals surface area contributed by atoms with E-state index < -0.39 is 6.10 Å². The minimum absolute atomic E-state index is 0.0729. The molecule has 81 heavy (non-hydrogen) atoms. The number of carbonyl (C=O) groups is 3. The Bertz CT molecular complexity index is 1530. The highest BCUT2D eigenvalue weighted by Crippen LogP contribution is 2.17. The summed E-state index contributed by atoms with van der Waals surface area (Å²) >= 11 is 0. The van der Waals surface area contributed by atoms with Crippen molar-refractivity contribution in [2.75, 3.05) is 13.2 Å². The first-order valence-electron chi connectivity index (χ1n) is 35.1. The molecule has 1 atom stereocenters. The highest BCUT2D eigenvalue weighted by Gasteiger charge is 2.19. The Morgan fingerprint density at radius 1 is 0.259 bits per heavy atom. The molecule has 0 N–H and O–H groups in total. The van der Waals surface area contributed by atoms with Crippen molar-refractivity contribution in [2.45, 2.75) is 361 Å². The molecule has 0 saturated heterocycles. The molecule has 6 nitrogen and oxygen atoms in total. The van der Waals surface area contributed by atoms with E-state index in [9.17, 15) is 14.4 Å². The molecule has 0 heterocycles. The lowest BCUT2D eigenvalue weighted by Gasteiger charge is -2.18. The van der Waals surface area contributed by atoms with Crippen molar-refractivity contribution in [3.8, 4) is 0 Å². The second-order valence-electron chi connectivity index (χ2n) is 23.4. The van der Waals surface area contributed by atoms with Crippen LogP contribution in [-0.4, -0.2) is 37.2 Å². The van der Waals surface area contributed by atoms with Gasteiger partial charge in [-0.2, -0.15) is 0 Å². The first-order valence-corrected chi connectivity index (χ1v) is 35.1. The largest absolute Gasteiger partial charge is 0.462 e. The smallest absolute Gasteiger partial charge is 0.306 e. The summed E-state index contributed by atoms with van der Waals surface area (Å²) in [4.78, 5) is 38.3. The molecule has 0 amide bonds. The van der Waals surface area contributed by atoms with E-state index in [4.69, 9.17) is 14.2 Å². The van der Waals surface area contributed by atoms with Gasteiger partial charge in [-0.1, -0.05) is 324 Å². The molecule has 0 rings (SSSR count). The van der Waals surface area contributed by atoms with Gasteiger partial charge in [-0.3, -0.25) is 14.4 Å². The van der Waals surface area contributed by atoms with Gasteiger partial charge in [-0.15, -0.1) is 0 Å². The Kier molecular flexibility index (Phi) is 66.2. The van der Waals surface area contributed by atoms with Crippen molar-refractivity contribution >= 4 is 17.9 Å². The minimum atomic E-state index is -0.775. The predicted molar refractivity (Wildman–Crippen MR) is 353 cm³/mol. The highest BCUT2D eigenvalue weighted by atomic mass is 16.6. The molecule has 0 spiro atoms. The number of hydrogen-bond donors (Lipinski definition) is 0. The van der Waals surface area contributed by atoms with Crippen molar-refractivity contribution < 1.29 is 28.6 Å². The molecule has 6 heteroatoms. The van der Waals surface area contributed by atoms with Crippen LogP contribution in [0.25, 0.3) is 0 Å². The van der Waals surface area contributed by atoms with E-state index in [0.29, 0.717) is 19.3 Å². The van der Waals surface area contributed by atoms with Crippen LogP contribution < -0.4 is 0 Å². The fourth-order valence-electron chi connectivity index (χ4n) is 10.2. The van der Waals surface area contributed by atoms with Crippen LogP contribution in [0.1, 0.15) is 355 Å². The molecule has 0 aromatic rings. The van der Waals surface area contributed by atoms with Crippen molar-refractivity contribution in [3.63, 3.8) is 0 Å². The zero-order valence-corrected chi connectivity index (χ0v) is 53.8. The summed E-state index contributed by atoms with van der Waals surface area (Å²) in [6.45, 7) is 6.54. The Morgan fingerprint density at radius 3 is 0.753 bits per heavy atom. The van der Waals surface area contributed by atoms with Crippen molar-refractivity contribution in [1.29, 1.82) is 0 Å². The average Bonchev–Trinajstić information content (AvgIpc) is 3.47. The lowest BCUT2D eigenvalue weighted by Crippen LogP contribution is -2.30. The van der Waals surface area contributed by atoms with E-state index in [1.54, 1.807) is 0 Å². The van der Waals surface area contributed by atoms with Crippen LogP contribution in [0.5, 0.6) is 0 Å². The maximum atomic E-state index is 12.9. The van der Waals surface area contributed by atoms with E-state index in [1.807, 2.05) is 0 Å². The summed E-state index contributed by atoms with van der Waals surface area (Å²) in [5.74, 6) is -0.862. The zero-order valence-electron chi connectivity index (χ0n) is 53.8. The normalized spacial score (nSPS) is 12.6. The molecule has 0 saturated carbocycles. The van der Waals surface area contributed by atoms with E-state index in [-0.39, 0.29) is 31.1 Å². The topological polar surface area (TPSA) is 78.9 Å². The van der Waals surface area contributed by atoms with E-state index in [0.717, 1.165) is 96.3 Å². The number of unbranched alkanes of at least 4 members (excludes halogenated alkanes) is 39. The lowest BCUT2D eigenvalue weighted by molar-refractivity contribution is -0.167. The van der Waals surface area contributed by atoms with Gasteiger partial charge >= 0.3 is 17.9 Å². The van der Waals surface area contributed by atoms with Gasteiger partial charge in [0.15, 0.2) is 6.10 Å². The summed E-state index contributed by atoms with van der Waals surface area (Å²) in [6, 6.07) is 0. The third-order valence-corrected chi connectivity index (χ3v) is 15.4. The summed E-state index contributed by atoms with van der Waals surface area (Å²) in [7, 11) is 0. The van der Waals surface area contributed by atoms with Crippen LogP contribution in [0.15, 0.2) is 85.1 Å². The molecule has 468 valence electrons. The SMILES string of the molecule is CC/C=C\C/C=C\C/C=C\C/C=C\C/C=C\CCCCCCCCCCCCCCCCCCCC(=O)OCC(COC(=O)CCCCCCCCCCC)OC(=O)CCCCCCCCCCC/C=C\C/C=C\CCCCCCC. The summed E-state index contributed by atoms with van der Waals surface area (Å²) < 4.78 is 16.9. The summed E-state index contributed by atoms with van der Waals surface area (Å²) in [5, 5.41) is 0. The van der Waals surface area contributed by atoms with Gasteiger partial charge in [-0.25, -0.2) is 0 Å². The van der Waals surface area contributed by atoms with Gasteiger partial charge in [-0.05, 0) is 96.3 Å². The predicted octanol–water partition coefficient (Wildman–Crippen LogP) is 24.2. The lowest BCUT2D eigenvalue weighted by atomic mass is 10.0. The first kappa shape index (κ1) is 77.6. The quantitative estimate of drug-likeness (QED) is 0.0261. The van der Waals surface area contributed by atoms with Gasteiger partial charge in [0.1, 0.15) is 13.2 Å². The van der Waals surface area contributed by atoms with Gasteiger partial charge < -0.3 is 14.2 Å². The fraction of sp³-hybridized carbons (Fsp3) is 0.773. The fourth-order valence-corrected chi connectivity index (χ4v) is 10.2. The Labute approximate surface area is 503 Å². The monoisotopic (exact) mass is 1130 g/mol. The molecule has 0 fully saturated rings. The number of allylic oxidation sites excluding steroid dienone is 14. The van der Waals surface area contributed by atoms with Crippen LogP contribution in [0.2, 0.25) is 0 Å². The third-order valence-electron chi connectivity index (χ3n) is 15.4. The molecule has 0 aliphatic rings. The molecule has 0 aliphatic heterocycles. The summed E-state index contributed by atoms with van der Waals surface area (Å²) in [5.41, 5.74) is 0. The van der Waals surface area contributed by atoms with Crippen molar-refractivity contribution in [3.05, 3.63) is 85.1 Å². The van der Waals surface area contributed by atoms with Crippen LogP contribution in [0.3, 0.4) is 0 Å². The van der Waals surface area contributed by atoms with Crippen LogP contribution in [0.4, 0.5) is 0 Å². The van der Waals surface area contributed by atoms with Crippen molar-refractivity contribution in [2.24, 2.45) is 0 Å². The molecule has 0 aromatic heterocycles. The molecular formula is C75H132O6. The van der Waals surface area contributed by atoms with Crippen molar-refractivity contribution in [1.82, 2.24) is 0 Å². The van der Waals surface area contributed by atoms with Gasteiger partial charge in [0.05, 0.1) is 0 Å². The molecule has 1 unspecified atom stereocenters. The second-order valence-corrected chi connectivity index (χ2v) is 23.4.